The summed E-state index contributed by atoms with van der Waals surface area (Å²) in [5.74, 6) is 1.20. The fourth-order valence-corrected chi connectivity index (χ4v) is 2.18. The van der Waals surface area contributed by atoms with Gasteiger partial charge in [0.25, 0.3) is 0 Å². The van der Waals surface area contributed by atoms with Gasteiger partial charge in [0, 0.05) is 25.2 Å². The molecule has 1 amide bonds. The molecule has 0 aromatic carbocycles. The second-order valence-electron chi connectivity index (χ2n) is 4.68. The number of aromatic nitrogens is 1. The van der Waals surface area contributed by atoms with E-state index in [-0.39, 0.29) is 5.91 Å². The van der Waals surface area contributed by atoms with Crippen molar-refractivity contribution in [3.05, 3.63) is 11.8 Å². The molecule has 0 radical (unpaired) electrons. The van der Waals surface area contributed by atoms with E-state index in [9.17, 15) is 4.79 Å². The van der Waals surface area contributed by atoms with E-state index < -0.39 is 0 Å². The number of rotatable bonds is 5. The third-order valence-electron chi connectivity index (χ3n) is 3.40. The van der Waals surface area contributed by atoms with Gasteiger partial charge >= 0.3 is 0 Å². The highest BCUT2D eigenvalue weighted by molar-refractivity contribution is 5.90. The van der Waals surface area contributed by atoms with Crippen LogP contribution in [0.5, 0.6) is 0 Å². The number of nitrogens with zero attached hydrogens (tertiary/aromatic N) is 1. The van der Waals surface area contributed by atoms with E-state index in [0.29, 0.717) is 18.2 Å². The molecule has 1 fully saturated rings. The number of anilines is 1. The maximum absolute atomic E-state index is 11.8. The zero-order valence-corrected chi connectivity index (χ0v) is 10.8. The smallest absolute Gasteiger partial charge is 0.225 e. The van der Waals surface area contributed by atoms with Gasteiger partial charge in [0.2, 0.25) is 5.91 Å². The summed E-state index contributed by atoms with van der Waals surface area (Å²) in [6.45, 7) is 3.66. The van der Waals surface area contributed by atoms with Crippen molar-refractivity contribution >= 4 is 11.7 Å². The van der Waals surface area contributed by atoms with Gasteiger partial charge in [-0.15, -0.1) is 0 Å². The van der Waals surface area contributed by atoms with Crippen molar-refractivity contribution in [2.24, 2.45) is 5.92 Å². The van der Waals surface area contributed by atoms with Gasteiger partial charge in [0.05, 0.1) is 0 Å². The lowest BCUT2D eigenvalue weighted by molar-refractivity contribution is -0.116. The monoisotopic (exact) mass is 252 g/mol. The molecule has 1 aliphatic rings. The van der Waals surface area contributed by atoms with Crippen molar-refractivity contribution in [3.8, 4) is 0 Å². The average molecular weight is 252 g/mol. The first kappa shape index (κ1) is 13.1. The lowest BCUT2D eigenvalue weighted by atomic mass is 9.95. The summed E-state index contributed by atoms with van der Waals surface area (Å²) in [5, 5.41) is 6.60. The summed E-state index contributed by atoms with van der Waals surface area (Å²) in [5.41, 5.74) is 0.939. The first-order chi connectivity index (χ1) is 8.79. The van der Waals surface area contributed by atoms with Crippen LogP contribution in [0.4, 0.5) is 5.82 Å². The van der Waals surface area contributed by atoms with Gasteiger partial charge in [0.1, 0.15) is 6.26 Å². The summed E-state index contributed by atoms with van der Waals surface area (Å²) >= 11 is 0. The van der Waals surface area contributed by atoms with Crippen molar-refractivity contribution in [3.63, 3.8) is 0 Å². The van der Waals surface area contributed by atoms with Crippen LogP contribution in [0, 0.1) is 5.92 Å². The van der Waals surface area contributed by atoms with Crippen LogP contribution in [0.15, 0.2) is 10.8 Å². The molecule has 2 rings (SSSR count). The van der Waals surface area contributed by atoms with Gasteiger partial charge < -0.3 is 14.6 Å². The third-order valence-corrected chi connectivity index (χ3v) is 3.40. The zero-order valence-electron chi connectivity index (χ0n) is 10.8. The van der Waals surface area contributed by atoms with E-state index in [0.717, 1.165) is 44.5 Å². The standard InChI is InChI=1S/C13H20N2O3/c1-2-11-9-18-15-13(11)14-12(16)4-3-10-5-7-17-8-6-10/h9-10H,2-8H2,1H3,(H,14,15,16). The van der Waals surface area contributed by atoms with Crippen molar-refractivity contribution < 1.29 is 14.1 Å². The van der Waals surface area contributed by atoms with Crippen LogP contribution >= 0.6 is 0 Å². The Morgan fingerprint density at radius 1 is 1.50 bits per heavy atom. The number of aryl methyl sites for hydroxylation is 1. The number of hydrogen-bond donors (Lipinski definition) is 1. The predicted molar refractivity (Wildman–Crippen MR) is 67.3 cm³/mol. The second-order valence-corrected chi connectivity index (χ2v) is 4.68. The number of amides is 1. The van der Waals surface area contributed by atoms with Crippen molar-refractivity contribution in [1.29, 1.82) is 0 Å². The highest BCUT2D eigenvalue weighted by Gasteiger charge is 2.16. The summed E-state index contributed by atoms with van der Waals surface area (Å²) in [6, 6.07) is 0. The number of carbonyl (C=O) groups is 1. The van der Waals surface area contributed by atoms with Crippen LogP contribution in [0.2, 0.25) is 0 Å². The molecule has 0 spiro atoms. The Morgan fingerprint density at radius 2 is 2.28 bits per heavy atom. The zero-order chi connectivity index (χ0) is 12.8. The van der Waals surface area contributed by atoms with Crippen molar-refractivity contribution in [2.75, 3.05) is 18.5 Å². The normalized spacial score (nSPS) is 16.7. The van der Waals surface area contributed by atoms with Gasteiger partial charge in [-0.25, -0.2) is 0 Å². The SMILES string of the molecule is CCc1conc1NC(=O)CCC1CCOCC1. The molecule has 0 saturated carbocycles. The fourth-order valence-electron chi connectivity index (χ4n) is 2.18. The maximum atomic E-state index is 11.8. The van der Waals surface area contributed by atoms with Crippen LogP contribution in [-0.2, 0) is 16.0 Å². The minimum absolute atomic E-state index is 0.0186. The Bertz CT molecular complexity index is 383. The van der Waals surface area contributed by atoms with Crippen LogP contribution in [0.25, 0.3) is 0 Å². The Kier molecular flexibility index (Phi) is 4.75. The van der Waals surface area contributed by atoms with E-state index in [1.165, 1.54) is 0 Å². The number of carbonyl (C=O) groups excluding carboxylic acids is 1. The molecule has 0 atom stereocenters. The summed E-state index contributed by atoms with van der Waals surface area (Å²) < 4.78 is 10.1. The van der Waals surface area contributed by atoms with E-state index in [1.54, 1.807) is 6.26 Å². The van der Waals surface area contributed by atoms with Crippen molar-refractivity contribution in [2.45, 2.75) is 39.0 Å². The molecule has 5 nitrogen and oxygen atoms in total. The Hall–Kier alpha value is -1.36. The number of ether oxygens (including phenoxy) is 1. The average Bonchev–Trinajstić information content (AvgIpc) is 2.85. The minimum atomic E-state index is 0.0186. The largest absolute Gasteiger partial charge is 0.381 e. The molecule has 5 heteroatoms. The van der Waals surface area contributed by atoms with Gasteiger partial charge in [-0.05, 0) is 31.6 Å². The maximum Gasteiger partial charge on any atom is 0.225 e. The van der Waals surface area contributed by atoms with Crippen LogP contribution in [0.3, 0.4) is 0 Å². The highest BCUT2D eigenvalue weighted by atomic mass is 16.5. The van der Waals surface area contributed by atoms with E-state index in [2.05, 4.69) is 10.5 Å². The molecule has 100 valence electrons. The first-order valence-electron chi connectivity index (χ1n) is 6.60. The van der Waals surface area contributed by atoms with Crippen LogP contribution < -0.4 is 5.32 Å². The van der Waals surface area contributed by atoms with Crippen LogP contribution in [-0.4, -0.2) is 24.3 Å². The Balaban J connectivity index is 1.74. The molecule has 1 aromatic rings. The molecule has 0 aliphatic carbocycles. The fraction of sp³-hybridized carbons (Fsp3) is 0.692. The van der Waals surface area contributed by atoms with Gasteiger partial charge in [-0.2, -0.15) is 0 Å². The number of hydrogen-bond acceptors (Lipinski definition) is 4. The van der Waals surface area contributed by atoms with Gasteiger partial charge in [0.15, 0.2) is 5.82 Å². The van der Waals surface area contributed by atoms with E-state index >= 15 is 0 Å². The number of nitrogens with one attached hydrogen (secondary N) is 1. The third kappa shape index (κ3) is 3.57. The molecular weight excluding hydrogens is 232 g/mol. The Labute approximate surface area is 107 Å². The lowest BCUT2D eigenvalue weighted by Crippen LogP contribution is -2.19. The summed E-state index contributed by atoms with van der Waals surface area (Å²) in [7, 11) is 0. The Morgan fingerprint density at radius 3 is 3.00 bits per heavy atom. The molecule has 2 heterocycles. The molecule has 1 N–H and O–H groups in total. The van der Waals surface area contributed by atoms with Crippen LogP contribution in [0.1, 0.15) is 38.2 Å². The van der Waals surface area contributed by atoms with E-state index in [1.807, 2.05) is 6.92 Å². The van der Waals surface area contributed by atoms with Gasteiger partial charge in [-0.3, -0.25) is 4.79 Å². The molecule has 0 unspecified atom stereocenters. The minimum Gasteiger partial charge on any atom is -0.381 e. The predicted octanol–water partition coefficient (Wildman–Crippen LogP) is 2.38. The molecule has 1 aromatic heterocycles. The second kappa shape index (κ2) is 6.54. The molecule has 0 bridgehead atoms. The van der Waals surface area contributed by atoms with Gasteiger partial charge in [-0.1, -0.05) is 12.1 Å². The van der Waals surface area contributed by atoms with Crippen molar-refractivity contribution in [1.82, 2.24) is 5.16 Å². The lowest BCUT2D eigenvalue weighted by Gasteiger charge is -2.21. The quantitative estimate of drug-likeness (QED) is 0.873. The first-order valence-corrected chi connectivity index (χ1v) is 6.60. The molecule has 18 heavy (non-hydrogen) atoms. The summed E-state index contributed by atoms with van der Waals surface area (Å²) in [6.07, 6.45) is 5.98. The molecule has 1 saturated heterocycles. The topological polar surface area (TPSA) is 64.4 Å². The molecule has 1 aliphatic heterocycles. The highest BCUT2D eigenvalue weighted by Crippen LogP contribution is 2.20. The molecular formula is C13H20N2O3. The summed E-state index contributed by atoms with van der Waals surface area (Å²) in [4.78, 5) is 11.8. The van der Waals surface area contributed by atoms with E-state index in [4.69, 9.17) is 9.26 Å².